The number of hydrogen-bond acceptors (Lipinski definition) is 17. The zero-order valence-electron chi connectivity index (χ0n) is 33.4. The van der Waals surface area contributed by atoms with Crippen LogP contribution in [0.1, 0.15) is 111 Å². The van der Waals surface area contributed by atoms with Crippen molar-refractivity contribution in [3.8, 4) is 40.2 Å². The van der Waals surface area contributed by atoms with E-state index in [-0.39, 0.29) is 221 Å². The van der Waals surface area contributed by atoms with Gasteiger partial charge in [-0.05, 0) is 56.9 Å². The van der Waals surface area contributed by atoms with Crippen LogP contribution < -0.4 is 58.7 Å². The third-order valence-corrected chi connectivity index (χ3v) is 8.90. The first-order chi connectivity index (χ1) is 20.6. The Bertz CT molecular complexity index is 1790. The first kappa shape index (κ1) is 120. The summed E-state index contributed by atoms with van der Waals surface area (Å²) in [5.74, 6) is 2.61. The van der Waals surface area contributed by atoms with Crippen LogP contribution in [0.5, 0.6) is 40.2 Å². The molecule has 35 N–H and O–H groups in total. The molecular formula is C41H101Cl4FN12O9. The quantitative estimate of drug-likeness (QED) is 0.0779. The lowest BCUT2D eigenvalue weighted by molar-refractivity contribution is 0.396. The highest BCUT2D eigenvalue weighted by atomic mass is 35.5. The van der Waals surface area contributed by atoms with Gasteiger partial charge in [0.05, 0.1) is 17.6 Å². The van der Waals surface area contributed by atoms with Gasteiger partial charge in [0.1, 0.15) is 28.7 Å². The Labute approximate surface area is 427 Å². The first-order valence-electron chi connectivity index (χ1n) is 14.4. The van der Waals surface area contributed by atoms with Crippen LogP contribution in [0, 0.1) is 12.7 Å². The number of pyridine rings is 2. The van der Waals surface area contributed by atoms with E-state index in [4.69, 9.17) is 9.47 Å². The van der Waals surface area contributed by atoms with E-state index >= 15 is 0 Å². The van der Waals surface area contributed by atoms with E-state index in [0.29, 0.717) is 17.2 Å². The zero-order valence-corrected chi connectivity index (χ0v) is 36.7. The van der Waals surface area contributed by atoms with Crippen LogP contribution in [0.3, 0.4) is 0 Å². The van der Waals surface area contributed by atoms with Crippen molar-refractivity contribution >= 4 is 49.6 Å². The number of aryl methyl sites for hydroxylation is 1. The summed E-state index contributed by atoms with van der Waals surface area (Å²) in [6, 6.07) is 11.5. The Morgan fingerprint density at radius 3 is 1.31 bits per heavy atom. The normalized spacial score (nSPS) is 15.0. The van der Waals surface area contributed by atoms with Crippen LogP contribution in [0.2, 0.25) is 0 Å². The SMILES string of the molecule is C.C.C.C.C.C.C.C.CN1C[C@@H]2c3ncc(O)cc3Oc3ccc(O)cc3[C@@H]2C1.Cc1cnc2c(c1)Oc1cc(F)c(O)cc1[C@@H]1CN(C)C[C@H]21.Cl.Cl.Cl.Cl.N.N.N.N.N.N.N.N.O.O.O.O. The van der Waals surface area contributed by atoms with Gasteiger partial charge in [0.2, 0.25) is 0 Å². The fourth-order valence-corrected chi connectivity index (χ4v) is 7.00. The molecule has 2 fully saturated rings. The van der Waals surface area contributed by atoms with Gasteiger partial charge < -0.3 is 106 Å². The van der Waals surface area contributed by atoms with Gasteiger partial charge in [-0.3, -0.25) is 9.97 Å². The fraction of sp³-hybridized carbons (Fsp3) is 0.463. The highest BCUT2D eigenvalue weighted by Gasteiger charge is 2.41. The number of rotatable bonds is 0. The van der Waals surface area contributed by atoms with E-state index in [1.807, 2.05) is 19.2 Å². The van der Waals surface area contributed by atoms with Gasteiger partial charge in [-0.1, -0.05) is 59.4 Å². The van der Waals surface area contributed by atoms with Crippen LogP contribution in [0.15, 0.2) is 54.9 Å². The summed E-state index contributed by atoms with van der Waals surface area (Å²) in [4.78, 5) is 13.5. The molecule has 0 aliphatic carbocycles. The Hall–Kier alpha value is -3.73. The van der Waals surface area contributed by atoms with Gasteiger partial charge in [-0.2, -0.15) is 0 Å². The summed E-state index contributed by atoms with van der Waals surface area (Å²) in [6.07, 6.45) is 3.30. The van der Waals surface area contributed by atoms with Crippen molar-refractivity contribution in [1.29, 1.82) is 0 Å². The molecule has 4 aliphatic rings. The number of fused-ring (bicyclic) bond motifs is 10. The molecule has 2 aromatic heterocycles. The third-order valence-electron chi connectivity index (χ3n) is 8.90. The molecule has 26 heteroatoms. The van der Waals surface area contributed by atoms with Gasteiger partial charge >= 0.3 is 0 Å². The maximum Gasteiger partial charge on any atom is 0.168 e. The van der Waals surface area contributed by atoms with Crippen molar-refractivity contribution in [2.45, 2.75) is 90.0 Å². The van der Waals surface area contributed by atoms with E-state index in [0.717, 1.165) is 60.0 Å². The number of hydrogen-bond donors (Lipinski definition) is 11. The average molecular weight is 1070 g/mol. The number of likely N-dealkylation sites (tertiary alicyclic amines) is 2. The molecular weight excluding hydrogens is 965 g/mol. The van der Waals surface area contributed by atoms with Crippen LogP contribution in [0.4, 0.5) is 4.39 Å². The molecule has 0 unspecified atom stereocenters. The Kier molecular flexibility index (Phi) is 84.6. The highest BCUT2D eigenvalue weighted by Crippen LogP contribution is 2.51. The number of phenols is 2. The van der Waals surface area contributed by atoms with Crippen molar-refractivity contribution in [1.82, 2.24) is 69.0 Å². The van der Waals surface area contributed by atoms with E-state index in [9.17, 15) is 19.7 Å². The van der Waals surface area contributed by atoms with Gasteiger partial charge in [0, 0.05) is 79.3 Å². The monoisotopic (exact) mass is 1060 g/mol. The summed E-state index contributed by atoms with van der Waals surface area (Å²) in [5, 5.41) is 29.2. The van der Waals surface area contributed by atoms with Crippen molar-refractivity contribution in [3.63, 3.8) is 0 Å². The van der Waals surface area contributed by atoms with Crippen LogP contribution in [-0.2, 0) is 0 Å². The van der Waals surface area contributed by atoms with E-state index in [2.05, 4.69) is 33.9 Å². The minimum atomic E-state index is -0.661. The smallest absolute Gasteiger partial charge is 0.168 e. The predicted molar refractivity (Wildman–Crippen MR) is 295 cm³/mol. The molecule has 4 aliphatic heterocycles. The molecule has 0 saturated carbocycles. The first-order valence-corrected chi connectivity index (χ1v) is 14.4. The van der Waals surface area contributed by atoms with Gasteiger partial charge in [0.25, 0.3) is 0 Å². The highest BCUT2D eigenvalue weighted by molar-refractivity contribution is 5.86. The standard InChI is InChI=1S/C17H17FN2O2.C16H16N2O3.8CH4.4ClH.8H3N.4H2O/c1-9-3-16-17(19-6-9)12-8-20(2)7-11(12)10-4-14(21)13(18)5-15(10)22-16;1-18-7-12-11-4-9(19)2-3-14(11)21-15-5-10(20)6-17-16(15)13(12)8-18;;;;;;;;;;;;;;;;;;;;;;;;/h3-6,11-12,21H,7-8H2,1-2H3;2-6,12-13,19-20H,7-8H2,1H3;8*1H4;4*1H;8*1H3;4*1H2/t11-,12-;12-,13-;;;;;;;;;;;;;;;;;;;;;;;;/m00......................../s1. The van der Waals surface area contributed by atoms with Crippen LogP contribution >= 0.6 is 49.6 Å². The molecule has 6 heterocycles. The Balaban J connectivity index is -0.0000000330. The summed E-state index contributed by atoms with van der Waals surface area (Å²) >= 11 is 0. The van der Waals surface area contributed by atoms with Gasteiger partial charge in [0.15, 0.2) is 17.3 Å². The number of aromatic hydroxyl groups is 3. The number of likely N-dealkylation sites (N-methyl/N-ethyl adjacent to an activating group) is 2. The van der Waals surface area contributed by atoms with E-state index < -0.39 is 5.82 Å². The lowest BCUT2D eigenvalue weighted by Gasteiger charge is -2.16. The van der Waals surface area contributed by atoms with Gasteiger partial charge in [-0.25, -0.2) is 4.39 Å². The second kappa shape index (κ2) is 47.3. The van der Waals surface area contributed by atoms with Crippen molar-refractivity contribution in [2.24, 2.45) is 0 Å². The molecule has 0 amide bonds. The predicted octanol–water partition coefficient (Wildman–Crippen LogP) is 10.3. The summed E-state index contributed by atoms with van der Waals surface area (Å²) in [6.45, 7) is 5.44. The molecule has 0 radical (unpaired) electrons. The maximum absolute atomic E-state index is 13.8. The molecule has 8 rings (SSSR count). The lowest BCUT2D eigenvalue weighted by atomic mass is 9.86. The van der Waals surface area contributed by atoms with Crippen LogP contribution in [-0.4, -0.2) is 97.3 Å². The van der Waals surface area contributed by atoms with Crippen LogP contribution in [0.25, 0.3) is 0 Å². The third kappa shape index (κ3) is 23.0. The molecule has 4 atom stereocenters. The molecule has 2 saturated heterocycles. The summed E-state index contributed by atoms with van der Waals surface area (Å²) in [5.41, 5.74) is 4.64. The van der Waals surface area contributed by atoms with Gasteiger partial charge in [-0.15, -0.1) is 49.6 Å². The van der Waals surface area contributed by atoms with Crippen molar-refractivity contribution in [3.05, 3.63) is 88.8 Å². The molecule has 0 spiro atoms. The number of phenolic OH excluding ortho intramolecular Hbond substituents is 2. The second-order valence-corrected chi connectivity index (χ2v) is 12.1. The van der Waals surface area contributed by atoms with E-state index in [1.165, 1.54) is 18.3 Å². The molecule has 67 heavy (non-hydrogen) atoms. The minimum Gasteiger partial charge on any atom is -0.508 e. The number of halogens is 5. The second-order valence-electron chi connectivity index (χ2n) is 12.1. The molecule has 0 bridgehead atoms. The molecule has 414 valence electrons. The van der Waals surface area contributed by atoms with E-state index in [1.54, 1.807) is 24.3 Å². The van der Waals surface area contributed by atoms with Crippen molar-refractivity contribution < 1.29 is 51.1 Å². The number of ether oxygens (including phenoxy) is 2. The molecule has 21 nitrogen and oxygen atoms in total. The largest absolute Gasteiger partial charge is 0.508 e. The average Bonchev–Trinajstić information content (AvgIpc) is 3.48. The molecule has 2 aromatic carbocycles. The molecule has 4 aromatic rings. The number of benzene rings is 2. The Morgan fingerprint density at radius 2 is 0.866 bits per heavy atom. The number of nitrogens with zero attached hydrogens (tertiary/aromatic N) is 4. The van der Waals surface area contributed by atoms with Crippen molar-refractivity contribution in [2.75, 3.05) is 40.3 Å². The summed E-state index contributed by atoms with van der Waals surface area (Å²) in [7, 11) is 4.14. The lowest BCUT2D eigenvalue weighted by Crippen LogP contribution is -2.14. The topological polar surface area (TPSA) is 517 Å². The minimum absolute atomic E-state index is 0. The zero-order chi connectivity index (χ0) is 30.0. The Morgan fingerprint density at radius 1 is 0.493 bits per heavy atom. The fourth-order valence-electron chi connectivity index (χ4n) is 7.00. The number of aromatic nitrogens is 2. The summed E-state index contributed by atoms with van der Waals surface area (Å²) < 4.78 is 25.7. The maximum atomic E-state index is 13.8.